The van der Waals surface area contributed by atoms with Crippen molar-refractivity contribution in [3.05, 3.63) is 35.2 Å². The molecule has 1 aromatic carbocycles. The van der Waals surface area contributed by atoms with Crippen LogP contribution in [0, 0.1) is 5.92 Å². The van der Waals surface area contributed by atoms with E-state index in [-0.39, 0.29) is 42.4 Å². The lowest BCUT2D eigenvalue weighted by Crippen LogP contribution is -2.56. The van der Waals surface area contributed by atoms with Crippen LogP contribution in [0.3, 0.4) is 0 Å². The highest BCUT2D eigenvalue weighted by molar-refractivity contribution is 7.89. The van der Waals surface area contributed by atoms with E-state index in [4.69, 9.17) is 4.74 Å². The minimum Gasteiger partial charge on any atom is -0.444 e. The van der Waals surface area contributed by atoms with E-state index >= 15 is 0 Å². The van der Waals surface area contributed by atoms with E-state index < -0.39 is 27.4 Å². The molecule has 0 radical (unpaired) electrons. The fourth-order valence-corrected chi connectivity index (χ4v) is 6.57. The summed E-state index contributed by atoms with van der Waals surface area (Å²) in [5.74, 6) is -0.205. The quantitative estimate of drug-likeness (QED) is 0.526. The largest absolute Gasteiger partial charge is 0.444 e. The third-order valence-corrected chi connectivity index (χ3v) is 8.84. The summed E-state index contributed by atoms with van der Waals surface area (Å²) in [6.45, 7) is 8.21. The number of pyridine rings is 1. The number of carbonyl (C=O) groups excluding carboxylic acids is 2. The Balaban J connectivity index is 1.40. The number of aryl methyl sites for hydroxylation is 1. The summed E-state index contributed by atoms with van der Waals surface area (Å²) in [6, 6.07) is 3.11. The van der Waals surface area contributed by atoms with Gasteiger partial charge in [-0.1, -0.05) is 0 Å². The second kappa shape index (κ2) is 9.69. The SMILES string of the molecule is CC(C)(F)CNS(=O)(=O)c1cc2c(c3cnc(C4CC4)cc13)CC[C@H]2NC(=O)C1CN(C(=O)OC(C)(C)C)C1. The summed E-state index contributed by atoms with van der Waals surface area (Å²) in [7, 11) is -4.05. The predicted octanol–water partition coefficient (Wildman–Crippen LogP) is 4.11. The Hall–Kier alpha value is -2.79. The summed E-state index contributed by atoms with van der Waals surface area (Å²) >= 11 is 0. The number of benzene rings is 1. The molecule has 2 aromatic rings. The molecule has 5 rings (SSSR count). The van der Waals surface area contributed by atoms with Gasteiger partial charge in [0, 0.05) is 48.2 Å². The number of amides is 2. The molecule has 3 aliphatic rings. The Kier molecular flexibility index (Phi) is 6.90. The molecular formula is C28H37FN4O5S. The number of rotatable bonds is 7. The maximum atomic E-state index is 14.2. The van der Waals surface area contributed by atoms with Crippen molar-refractivity contribution in [1.82, 2.24) is 19.9 Å². The number of likely N-dealkylation sites (tertiary alicyclic amines) is 1. The second-order valence-electron chi connectivity index (χ2n) is 12.6. The Morgan fingerprint density at radius 3 is 2.41 bits per heavy atom. The van der Waals surface area contributed by atoms with Gasteiger partial charge < -0.3 is 15.0 Å². The number of nitrogens with zero attached hydrogens (tertiary/aromatic N) is 2. The first-order chi connectivity index (χ1) is 18.1. The van der Waals surface area contributed by atoms with E-state index in [0.717, 1.165) is 35.0 Å². The van der Waals surface area contributed by atoms with Crippen molar-refractivity contribution < 1.29 is 27.1 Å². The zero-order chi connectivity index (χ0) is 28.3. The zero-order valence-electron chi connectivity index (χ0n) is 23.1. The Morgan fingerprint density at radius 2 is 1.79 bits per heavy atom. The van der Waals surface area contributed by atoms with E-state index in [9.17, 15) is 22.4 Å². The molecule has 1 saturated heterocycles. The van der Waals surface area contributed by atoms with E-state index in [2.05, 4.69) is 15.0 Å². The first kappa shape index (κ1) is 27.8. The number of carbonyl (C=O) groups is 2. The molecule has 2 N–H and O–H groups in total. The van der Waals surface area contributed by atoms with Crippen LogP contribution in [0.25, 0.3) is 10.8 Å². The van der Waals surface area contributed by atoms with E-state index in [0.29, 0.717) is 24.1 Å². The minimum absolute atomic E-state index is 0.0747. The summed E-state index contributed by atoms with van der Waals surface area (Å²) in [5, 5.41) is 4.39. The van der Waals surface area contributed by atoms with E-state index in [1.54, 1.807) is 33.0 Å². The molecule has 2 amide bonds. The number of ether oxygens (including phenoxy) is 1. The van der Waals surface area contributed by atoms with Gasteiger partial charge in [0.15, 0.2) is 0 Å². The topological polar surface area (TPSA) is 118 Å². The average molecular weight is 561 g/mol. The molecule has 1 aromatic heterocycles. The van der Waals surface area contributed by atoms with Crippen LogP contribution in [-0.2, 0) is 26.0 Å². The standard InChI is InChI=1S/C28H37FN4O5S/c1-27(2,3)38-26(35)33-13-17(14-33)25(34)32-22-9-8-18-19(22)11-24(39(36,37)31-15-28(4,5)29)20-10-23(16-6-7-16)30-12-21(18)20/h10-12,16-17,22,31H,6-9,13-15H2,1-5H3,(H,32,34)/t22-/m1/s1. The molecule has 2 fully saturated rings. The molecule has 2 heterocycles. The molecular weight excluding hydrogens is 523 g/mol. The maximum Gasteiger partial charge on any atom is 0.410 e. The number of halogens is 1. The molecule has 11 heteroatoms. The van der Waals surface area contributed by atoms with Crippen LogP contribution in [-0.4, -0.2) is 61.2 Å². The molecule has 2 aliphatic carbocycles. The highest BCUT2D eigenvalue weighted by atomic mass is 32.2. The van der Waals surface area contributed by atoms with E-state index in [1.165, 1.54) is 18.7 Å². The van der Waals surface area contributed by atoms with Crippen LogP contribution < -0.4 is 10.0 Å². The van der Waals surface area contributed by atoms with Crippen LogP contribution in [0.2, 0.25) is 0 Å². The molecule has 212 valence electrons. The summed E-state index contributed by atoms with van der Waals surface area (Å²) in [5.41, 5.74) is 0.250. The lowest BCUT2D eigenvalue weighted by Gasteiger charge is -2.39. The van der Waals surface area contributed by atoms with Crippen LogP contribution in [0.15, 0.2) is 23.2 Å². The van der Waals surface area contributed by atoms with Crippen LogP contribution in [0.4, 0.5) is 9.18 Å². The van der Waals surface area contributed by atoms with Crippen molar-refractivity contribution in [2.45, 2.75) is 88.4 Å². The molecule has 0 unspecified atom stereocenters. The highest BCUT2D eigenvalue weighted by Gasteiger charge is 2.40. The van der Waals surface area contributed by atoms with Crippen LogP contribution in [0.5, 0.6) is 0 Å². The Labute approximate surface area is 228 Å². The van der Waals surface area contributed by atoms with Gasteiger partial charge >= 0.3 is 6.09 Å². The highest BCUT2D eigenvalue weighted by Crippen LogP contribution is 2.43. The molecule has 1 saturated carbocycles. The monoisotopic (exact) mass is 560 g/mol. The second-order valence-corrected chi connectivity index (χ2v) is 14.3. The fourth-order valence-electron chi connectivity index (χ4n) is 5.14. The van der Waals surface area contributed by atoms with Gasteiger partial charge in [0.1, 0.15) is 11.3 Å². The third kappa shape index (κ3) is 6.04. The van der Waals surface area contributed by atoms with Gasteiger partial charge in [0.25, 0.3) is 0 Å². The smallest absolute Gasteiger partial charge is 0.410 e. The summed E-state index contributed by atoms with van der Waals surface area (Å²) in [4.78, 5) is 31.5. The van der Waals surface area contributed by atoms with Crippen molar-refractivity contribution in [2.24, 2.45) is 5.92 Å². The number of fused-ring (bicyclic) bond motifs is 3. The molecule has 0 spiro atoms. The van der Waals surface area contributed by atoms with Gasteiger partial charge in [0.2, 0.25) is 15.9 Å². The van der Waals surface area contributed by atoms with Crippen molar-refractivity contribution in [3.8, 4) is 0 Å². The van der Waals surface area contributed by atoms with Crippen molar-refractivity contribution in [3.63, 3.8) is 0 Å². The van der Waals surface area contributed by atoms with Crippen molar-refractivity contribution in [1.29, 1.82) is 0 Å². The number of aromatic nitrogens is 1. The van der Waals surface area contributed by atoms with Gasteiger partial charge in [-0.2, -0.15) is 0 Å². The third-order valence-electron chi connectivity index (χ3n) is 7.40. The van der Waals surface area contributed by atoms with Gasteiger partial charge in [-0.05, 0) is 83.6 Å². The minimum atomic E-state index is -4.05. The first-order valence-corrected chi connectivity index (χ1v) is 15.0. The number of hydrogen-bond acceptors (Lipinski definition) is 6. The summed E-state index contributed by atoms with van der Waals surface area (Å²) < 4.78 is 48.9. The van der Waals surface area contributed by atoms with E-state index in [1.807, 2.05) is 6.07 Å². The number of sulfonamides is 1. The number of nitrogens with one attached hydrogen (secondary N) is 2. The van der Waals surface area contributed by atoms with Crippen LogP contribution in [0.1, 0.15) is 82.7 Å². The average Bonchev–Trinajstić information content (AvgIpc) is 3.56. The van der Waals surface area contributed by atoms with Crippen molar-refractivity contribution in [2.75, 3.05) is 19.6 Å². The maximum absolute atomic E-state index is 14.2. The zero-order valence-corrected chi connectivity index (χ0v) is 24.0. The van der Waals surface area contributed by atoms with Crippen molar-refractivity contribution >= 4 is 32.8 Å². The lowest BCUT2D eigenvalue weighted by molar-refractivity contribution is -0.130. The number of alkyl halides is 1. The van der Waals surface area contributed by atoms with Gasteiger partial charge in [-0.3, -0.25) is 9.78 Å². The molecule has 1 atom stereocenters. The normalized spacial score (nSPS) is 20.1. The fraction of sp³-hybridized carbons (Fsp3) is 0.607. The van der Waals surface area contributed by atoms with Crippen LogP contribution >= 0.6 is 0 Å². The predicted molar refractivity (Wildman–Crippen MR) is 145 cm³/mol. The number of hydrogen-bond donors (Lipinski definition) is 2. The molecule has 9 nitrogen and oxygen atoms in total. The molecule has 0 bridgehead atoms. The summed E-state index contributed by atoms with van der Waals surface area (Å²) in [6.07, 6.45) is 4.65. The lowest BCUT2D eigenvalue weighted by atomic mass is 9.97. The van der Waals surface area contributed by atoms with Gasteiger partial charge in [0.05, 0.1) is 16.9 Å². The Bertz CT molecular complexity index is 1420. The van der Waals surface area contributed by atoms with Gasteiger partial charge in [-0.25, -0.2) is 22.3 Å². The molecule has 1 aliphatic heterocycles. The first-order valence-electron chi connectivity index (χ1n) is 13.5. The molecule has 39 heavy (non-hydrogen) atoms. The van der Waals surface area contributed by atoms with Gasteiger partial charge in [-0.15, -0.1) is 0 Å². The Morgan fingerprint density at radius 1 is 1.10 bits per heavy atom.